The molecule has 0 bridgehead atoms. The predicted octanol–water partition coefficient (Wildman–Crippen LogP) is 2.08. The van der Waals surface area contributed by atoms with Gasteiger partial charge in [-0.05, 0) is 33.2 Å². The van der Waals surface area contributed by atoms with Gasteiger partial charge in [0.15, 0.2) is 0 Å². The second kappa shape index (κ2) is 5.17. The third-order valence-corrected chi connectivity index (χ3v) is 3.91. The highest BCUT2D eigenvalue weighted by Crippen LogP contribution is 2.28. The molecule has 1 N–H and O–H groups in total. The van der Waals surface area contributed by atoms with E-state index in [1.54, 1.807) is 0 Å². The van der Waals surface area contributed by atoms with Crippen molar-refractivity contribution in [3.63, 3.8) is 0 Å². The fourth-order valence-corrected chi connectivity index (χ4v) is 2.85. The molecule has 5 heteroatoms. The maximum Gasteiger partial charge on any atom is 0.0953 e. The van der Waals surface area contributed by atoms with E-state index in [-0.39, 0.29) is 0 Å². The third kappa shape index (κ3) is 2.42. The molecule has 1 saturated heterocycles. The summed E-state index contributed by atoms with van der Waals surface area (Å²) in [7, 11) is 0. The number of piperidine rings is 1. The first kappa shape index (κ1) is 12.4. The summed E-state index contributed by atoms with van der Waals surface area (Å²) >= 11 is 0. The minimum atomic E-state index is 0.540. The molecular weight excluding hydrogens is 238 g/mol. The smallest absolute Gasteiger partial charge is 0.0953 e. The summed E-state index contributed by atoms with van der Waals surface area (Å²) in [6, 6.07) is 1.12. The van der Waals surface area contributed by atoms with Crippen molar-refractivity contribution in [2.45, 2.75) is 45.3 Å². The maximum atomic E-state index is 4.36. The minimum absolute atomic E-state index is 0.540. The zero-order valence-electron chi connectivity index (χ0n) is 11.6. The Bertz CT molecular complexity index is 542. The molecule has 2 aromatic rings. The molecule has 3 heterocycles. The zero-order chi connectivity index (χ0) is 13.2. The first-order valence-corrected chi connectivity index (χ1v) is 7.06. The Balaban J connectivity index is 1.89. The van der Waals surface area contributed by atoms with E-state index < -0.39 is 0 Å². The van der Waals surface area contributed by atoms with Crippen LogP contribution in [0.25, 0.3) is 11.3 Å². The summed E-state index contributed by atoms with van der Waals surface area (Å²) in [6.07, 6.45) is 10.3. The average molecular weight is 259 g/mol. The van der Waals surface area contributed by atoms with Gasteiger partial charge in [0.2, 0.25) is 0 Å². The van der Waals surface area contributed by atoms with Crippen molar-refractivity contribution < 1.29 is 0 Å². The Morgan fingerprint density at radius 3 is 3.05 bits per heavy atom. The van der Waals surface area contributed by atoms with Crippen LogP contribution in [0.1, 0.15) is 32.7 Å². The molecule has 0 saturated carbocycles. The molecule has 1 aliphatic rings. The lowest BCUT2D eigenvalue weighted by Crippen LogP contribution is -2.36. The van der Waals surface area contributed by atoms with Gasteiger partial charge in [0.1, 0.15) is 0 Å². The van der Waals surface area contributed by atoms with E-state index in [0.29, 0.717) is 12.1 Å². The van der Waals surface area contributed by atoms with Crippen LogP contribution >= 0.6 is 0 Å². The number of aromatic nitrogens is 4. The van der Waals surface area contributed by atoms with Gasteiger partial charge in [0.05, 0.1) is 24.4 Å². The van der Waals surface area contributed by atoms with E-state index in [4.69, 9.17) is 0 Å². The molecule has 5 nitrogen and oxygen atoms in total. The number of nitrogens with one attached hydrogen (secondary N) is 1. The van der Waals surface area contributed by atoms with Crippen molar-refractivity contribution in [2.75, 3.05) is 6.54 Å². The summed E-state index contributed by atoms with van der Waals surface area (Å²) in [4.78, 5) is 4.34. The lowest BCUT2D eigenvalue weighted by molar-refractivity contribution is 0.315. The van der Waals surface area contributed by atoms with Crippen LogP contribution in [0.15, 0.2) is 24.9 Å². The van der Waals surface area contributed by atoms with Crippen molar-refractivity contribution in [3.8, 4) is 11.3 Å². The van der Waals surface area contributed by atoms with E-state index in [2.05, 4.69) is 40.0 Å². The van der Waals surface area contributed by atoms with Crippen LogP contribution in [0.2, 0.25) is 0 Å². The van der Waals surface area contributed by atoms with E-state index >= 15 is 0 Å². The number of rotatable bonds is 3. The second-order valence-electron chi connectivity index (χ2n) is 5.30. The summed E-state index contributed by atoms with van der Waals surface area (Å²) in [5.74, 6) is 0. The molecule has 1 fully saturated rings. The molecule has 0 radical (unpaired) electrons. The fourth-order valence-electron chi connectivity index (χ4n) is 2.85. The van der Waals surface area contributed by atoms with Gasteiger partial charge in [-0.1, -0.05) is 0 Å². The van der Waals surface area contributed by atoms with Gasteiger partial charge < -0.3 is 9.88 Å². The lowest BCUT2D eigenvalue weighted by atomic mass is 10.00. The molecule has 0 aromatic carbocycles. The van der Waals surface area contributed by atoms with Gasteiger partial charge >= 0.3 is 0 Å². The number of aryl methyl sites for hydroxylation is 1. The Kier molecular flexibility index (Phi) is 3.38. The quantitative estimate of drug-likeness (QED) is 0.918. The second-order valence-corrected chi connectivity index (χ2v) is 5.30. The first-order valence-electron chi connectivity index (χ1n) is 7.06. The molecule has 19 heavy (non-hydrogen) atoms. The minimum Gasteiger partial charge on any atom is -0.327 e. The highest BCUT2D eigenvalue weighted by atomic mass is 15.3. The van der Waals surface area contributed by atoms with Crippen molar-refractivity contribution in [1.82, 2.24) is 24.6 Å². The monoisotopic (exact) mass is 259 g/mol. The van der Waals surface area contributed by atoms with Crippen LogP contribution in [0.3, 0.4) is 0 Å². The molecule has 0 aliphatic carbocycles. The Morgan fingerprint density at radius 1 is 1.42 bits per heavy atom. The molecule has 0 spiro atoms. The van der Waals surface area contributed by atoms with Crippen molar-refractivity contribution in [2.24, 2.45) is 0 Å². The Morgan fingerprint density at radius 2 is 2.32 bits per heavy atom. The average Bonchev–Trinajstić information content (AvgIpc) is 3.07. The third-order valence-electron chi connectivity index (χ3n) is 3.91. The zero-order valence-corrected chi connectivity index (χ0v) is 11.6. The molecule has 102 valence electrons. The van der Waals surface area contributed by atoms with Crippen LogP contribution in [-0.4, -0.2) is 31.9 Å². The SMILES string of the molecule is CCn1cc(-c2cncn2C2CCNC(C)C2)cn1. The standard InChI is InChI=1S/C14H21N5/c1-3-18-9-12(7-17-18)14-8-15-10-19(14)13-4-5-16-11(2)6-13/h7-11,13,16H,3-6H2,1-2H3. The molecule has 3 rings (SSSR count). The number of imidazole rings is 1. The largest absolute Gasteiger partial charge is 0.327 e. The van der Waals surface area contributed by atoms with Crippen LogP contribution in [0.4, 0.5) is 0 Å². The van der Waals surface area contributed by atoms with Crippen molar-refractivity contribution in [1.29, 1.82) is 0 Å². The highest BCUT2D eigenvalue weighted by Gasteiger charge is 2.22. The molecular formula is C14H21N5. The van der Waals surface area contributed by atoms with Gasteiger partial charge in [0, 0.05) is 30.4 Å². The van der Waals surface area contributed by atoms with E-state index in [1.165, 1.54) is 5.69 Å². The van der Waals surface area contributed by atoms with Gasteiger partial charge in [-0.15, -0.1) is 0 Å². The maximum absolute atomic E-state index is 4.36. The molecule has 2 aromatic heterocycles. The number of hydrogen-bond acceptors (Lipinski definition) is 3. The molecule has 2 atom stereocenters. The summed E-state index contributed by atoms with van der Waals surface area (Å²) in [5, 5.41) is 7.85. The van der Waals surface area contributed by atoms with Crippen LogP contribution in [-0.2, 0) is 6.54 Å². The highest BCUT2D eigenvalue weighted by molar-refractivity contribution is 5.56. The fraction of sp³-hybridized carbons (Fsp3) is 0.571. The van der Waals surface area contributed by atoms with Gasteiger partial charge in [0.25, 0.3) is 0 Å². The lowest BCUT2D eigenvalue weighted by Gasteiger charge is -2.29. The molecule has 2 unspecified atom stereocenters. The number of nitrogens with zero attached hydrogens (tertiary/aromatic N) is 4. The van der Waals surface area contributed by atoms with Crippen LogP contribution in [0, 0.1) is 0 Å². The Hall–Kier alpha value is -1.62. The summed E-state index contributed by atoms with van der Waals surface area (Å²) in [5.41, 5.74) is 2.34. The molecule has 0 amide bonds. The first-order chi connectivity index (χ1) is 9.28. The summed E-state index contributed by atoms with van der Waals surface area (Å²) < 4.78 is 4.27. The van der Waals surface area contributed by atoms with E-state index in [1.807, 2.05) is 23.4 Å². The van der Waals surface area contributed by atoms with Gasteiger partial charge in [-0.3, -0.25) is 4.68 Å². The van der Waals surface area contributed by atoms with Gasteiger partial charge in [-0.2, -0.15) is 5.10 Å². The van der Waals surface area contributed by atoms with E-state index in [9.17, 15) is 0 Å². The number of hydrogen-bond donors (Lipinski definition) is 1. The predicted molar refractivity (Wildman–Crippen MR) is 74.9 cm³/mol. The van der Waals surface area contributed by atoms with Crippen LogP contribution in [0.5, 0.6) is 0 Å². The van der Waals surface area contributed by atoms with Crippen molar-refractivity contribution >= 4 is 0 Å². The van der Waals surface area contributed by atoms with Crippen LogP contribution < -0.4 is 5.32 Å². The normalized spacial score (nSPS) is 23.7. The molecule has 1 aliphatic heterocycles. The Labute approximate surface area is 113 Å². The van der Waals surface area contributed by atoms with Gasteiger partial charge in [-0.25, -0.2) is 4.98 Å². The summed E-state index contributed by atoms with van der Waals surface area (Å²) in [6.45, 7) is 6.33. The van der Waals surface area contributed by atoms with Crippen molar-refractivity contribution in [3.05, 3.63) is 24.9 Å². The topological polar surface area (TPSA) is 47.7 Å². The van der Waals surface area contributed by atoms with E-state index in [0.717, 1.165) is 31.5 Å².